The maximum atomic E-state index is 12.4. The van der Waals surface area contributed by atoms with Crippen molar-refractivity contribution in [1.29, 1.82) is 0 Å². The van der Waals surface area contributed by atoms with E-state index in [0.717, 1.165) is 22.2 Å². The minimum atomic E-state index is -4.40. The first-order chi connectivity index (χ1) is 10.9. The maximum absolute atomic E-state index is 12.4. The number of carbonyl (C=O) groups excluding carboxylic acids is 1. The van der Waals surface area contributed by atoms with Crippen molar-refractivity contribution in [3.63, 3.8) is 0 Å². The van der Waals surface area contributed by atoms with E-state index in [1.165, 1.54) is 18.3 Å². The Balaban J connectivity index is 1.91. The Labute approximate surface area is 139 Å². The number of anilines is 1. The molecule has 0 saturated heterocycles. The van der Waals surface area contributed by atoms with Crippen molar-refractivity contribution in [2.75, 3.05) is 5.32 Å². The normalized spacial score (nSPS) is 11.5. The molecule has 2 N–H and O–H groups in total. The lowest BCUT2D eigenvalue weighted by Gasteiger charge is -2.08. The minimum absolute atomic E-state index is 0.268. The van der Waals surface area contributed by atoms with Crippen LogP contribution in [0.2, 0.25) is 0 Å². The van der Waals surface area contributed by atoms with Crippen molar-refractivity contribution < 1.29 is 18.0 Å². The average Bonchev–Trinajstić information content (AvgIpc) is 2.49. The molecule has 0 aliphatic rings. The van der Waals surface area contributed by atoms with E-state index in [2.05, 4.69) is 26.6 Å². The second kappa shape index (κ2) is 7.32. The molecule has 0 spiro atoms. The van der Waals surface area contributed by atoms with Crippen LogP contribution in [0.3, 0.4) is 0 Å². The summed E-state index contributed by atoms with van der Waals surface area (Å²) in [5.41, 5.74) is 0.379. The molecule has 0 heterocycles. The van der Waals surface area contributed by atoms with Gasteiger partial charge in [0, 0.05) is 16.4 Å². The van der Waals surface area contributed by atoms with E-state index >= 15 is 0 Å². The van der Waals surface area contributed by atoms with Crippen LogP contribution in [0.5, 0.6) is 0 Å². The van der Waals surface area contributed by atoms with Gasteiger partial charge in [-0.05, 0) is 42.0 Å². The molecule has 0 fully saturated rings. The molecular formula is C16H12BrF3N2O. The molecule has 0 unspecified atom stereocenters. The fourth-order valence-corrected chi connectivity index (χ4v) is 2.14. The highest BCUT2D eigenvalue weighted by atomic mass is 79.9. The number of amides is 2. The lowest BCUT2D eigenvalue weighted by Crippen LogP contribution is -2.23. The summed E-state index contributed by atoms with van der Waals surface area (Å²) < 4.78 is 38.2. The standard InChI is InChI=1S/C16H12BrF3N2O/c17-14-4-2-1-3-11(14)9-10-21-15(23)22-13-7-5-12(6-8-13)16(18,19)20/h1-10H,(H2,21,22,23)/b10-9+. The van der Waals surface area contributed by atoms with Crippen LogP contribution in [0, 0.1) is 0 Å². The van der Waals surface area contributed by atoms with Crippen LogP contribution in [0.4, 0.5) is 23.7 Å². The Morgan fingerprint density at radius 2 is 1.70 bits per heavy atom. The van der Waals surface area contributed by atoms with E-state index in [-0.39, 0.29) is 5.69 Å². The zero-order valence-electron chi connectivity index (χ0n) is 11.7. The highest BCUT2D eigenvalue weighted by Gasteiger charge is 2.29. The number of halogens is 4. The van der Waals surface area contributed by atoms with Crippen molar-refractivity contribution in [3.05, 3.63) is 70.3 Å². The first kappa shape index (κ1) is 17.1. The summed E-state index contributed by atoms with van der Waals surface area (Å²) in [7, 11) is 0. The molecule has 120 valence electrons. The zero-order chi connectivity index (χ0) is 16.9. The fourth-order valence-electron chi connectivity index (χ4n) is 1.73. The van der Waals surface area contributed by atoms with Crippen LogP contribution in [-0.2, 0) is 6.18 Å². The topological polar surface area (TPSA) is 41.1 Å². The van der Waals surface area contributed by atoms with Crippen molar-refractivity contribution in [1.82, 2.24) is 5.32 Å². The lowest BCUT2D eigenvalue weighted by molar-refractivity contribution is -0.137. The summed E-state index contributed by atoms with van der Waals surface area (Å²) in [4.78, 5) is 11.7. The molecule has 0 aliphatic heterocycles. The second-order valence-electron chi connectivity index (χ2n) is 4.53. The Hall–Kier alpha value is -2.28. The van der Waals surface area contributed by atoms with Gasteiger partial charge in [-0.1, -0.05) is 34.1 Å². The summed E-state index contributed by atoms with van der Waals surface area (Å²) in [6, 6.07) is 11.1. The Morgan fingerprint density at radius 1 is 1.04 bits per heavy atom. The summed E-state index contributed by atoms with van der Waals surface area (Å²) in [6.07, 6.45) is -1.26. The highest BCUT2D eigenvalue weighted by molar-refractivity contribution is 9.10. The van der Waals surface area contributed by atoms with Gasteiger partial charge in [0.05, 0.1) is 5.56 Å². The predicted molar refractivity (Wildman–Crippen MR) is 86.8 cm³/mol. The lowest BCUT2D eigenvalue weighted by atomic mass is 10.2. The molecule has 2 rings (SSSR count). The number of carbonyl (C=O) groups is 1. The molecule has 2 aromatic rings. The number of hydrogen-bond donors (Lipinski definition) is 2. The number of rotatable bonds is 3. The van der Waals surface area contributed by atoms with Crippen molar-refractivity contribution in [2.45, 2.75) is 6.18 Å². The number of nitrogens with one attached hydrogen (secondary N) is 2. The molecular weight excluding hydrogens is 373 g/mol. The summed E-state index contributed by atoms with van der Waals surface area (Å²) in [5.74, 6) is 0. The molecule has 0 radical (unpaired) electrons. The number of urea groups is 1. The fraction of sp³-hybridized carbons (Fsp3) is 0.0625. The molecule has 2 aromatic carbocycles. The molecule has 3 nitrogen and oxygen atoms in total. The Bertz CT molecular complexity index is 712. The quantitative estimate of drug-likeness (QED) is 0.744. The van der Waals surface area contributed by atoms with Crippen molar-refractivity contribution in [2.24, 2.45) is 0 Å². The molecule has 2 amide bonds. The van der Waals surface area contributed by atoms with Gasteiger partial charge in [-0.2, -0.15) is 13.2 Å². The van der Waals surface area contributed by atoms with E-state index in [9.17, 15) is 18.0 Å². The SMILES string of the molecule is O=C(N/C=C/c1ccccc1Br)Nc1ccc(C(F)(F)F)cc1. The van der Waals surface area contributed by atoms with Gasteiger partial charge in [-0.25, -0.2) is 4.79 Å². The highest BCUT2D eigenvalue weighted by Crippen LogP contribution is 2.29. The molecule has 0 aromatic heterocycles. The van der Waals surface area contributed by atoms with Crippen LogP contribution in [-0.4, -0.2) is 6.03 Å². The first-order valence-electron chi connectivity index (χ1n) is 6.52. The minimum Gasteiger partial charge on any atom is -0.314 e. The van der Waals surface area contributed by atoms with Gasteiger partial charge < -0.3 is 10.6 Å². The van der Waals surface area contributed by atoms with E-state index < -0.39 is 17.8 Å². The third-order valence-corrected chi connectivity index (χ3v) is 3.57. The van der Waals surface area contributed by atoms with E-state index in [1.807, 2.05) is 24.3 Å². The molecule has 7 heteroatoms. The van der Waals surface area contributed by atoms with Gasteiger partial charge in [-0.15, -0.1) is 0 Å². The Morgan fingerprint density at radius 3 is 2.30 bits per heavy atom. The molecule has 0 saturated carbocycles. The summed E-state index contributed by atoms with van der Waals surface area (Å²) >= 11 is 3.37. The average molecular weight is 385 g/mol. The van der Waals surface area contributed by atoms with Gasteiger partial charge in [0.15, 0.2) is 0 Å². The third-order valence-electron chi connectivity index (χ3n) is 2.85. The summed E-state index contributed by atoms with van der Waals surface area (Å²) in [5, 5.41) is 4.92. The maximum Gasteiger partial charge on any atom is 0.416 e. The van der Waals surface area contributed by atoms with Crippen LogP contribution < -0.4 is 10.6 Å². The van der Waals surface area contributed by atoms with Crippen LogP contribution >= 0.6 is 15.9 Å². The summed E-state index contributed by atoms with van der Waals surface area (Å²) in [6.45, 7) is 0. The monoisotopic (exact) mass is 384 g/mol. The zero-order valence-corrected chi connectivity index (χ0v) is 13.3. The number of benzene rings is 2. The first-order valence-corrected chi connectivity index (χ1v) is 7.31. The van der Waals surface area contributed by atoms with Crippen molar-refractivity contribution >= 4 is 33.7 Å². The third kappa shape index (κ3) is 5.14. The predicted octanol–water partition coefficient (Wildman–Crippen LogP) is 5.26. The van der Waals surface area contributed by atoms with Gasteiger partial charge in [0.1, 0.15) is 0 Å². The van der Waals surface area contributed by atoms with Gasteiger partial charge in [0.25, 0.3) is 0 Å². The largest absolute Gasteiger partial charge is 0.416 e. The van der Waals surface area contributed by atoms with Crippen molar-refractivity contribution in [3.8, 4) is 0 Å². The van der Waals surface area contributed by atoms with Gasteiger partial charge in [-0.3, -0.25) is 0 Å². The van der Waals surface area contributed by atoms with Crippen LogP contribution in [0.15, 0.2) is 59.2 Å². The molecule has 0 atom stereocenters. The number of hydrogen-bond acceptors (Lipinski definition) is 1. The van der Waals surface area contributed by atoms with Crippen LogP contribution in [0.25, 0.3) is 6.08 Å². The Kier molecular flexibility index (Phi) is 5.44. The van der Waals surface area contributed by atoms with E-state index in [1.54, 1.807) is 6.08 Å². The van der Waals surface area contributed by atoms with Gasteiger partial charge in [0.2, 0.25) is 0 Å². The van der Waals surface area contributed by atoms with E-state index in [0.29, 0.717) is 0 Å². The van der Waals surface area contributed by atoms with Crippen LogP contribution in [0.1, 0.15) is 11.1 Å². The molecule has 0 aliphatic carbocycles. The van der Waals surface area contributed by atoms with Gasteiger partial charge >= 0.3 is 12.2 Å². The smallest absolute Gasteiger partial charge is 0.314 e. The number of alkyl halides is 3. The van der Waals surface area contributed by atoms with E-state index in [4.69, 9.17) is 0 Å². The second-order valence-corrected chi connectivity index (χ2v) is 5.38. The molecule has 0 bridgehead atoms. The molecule has 23 heavy (non-hydrogen) atoms.